The number of esters is 1. The fraction of sp³-hybridized carbons (Fsp3) is 0.360. The van der Waals surface area contributed by atoms with E-state index < -0.39 is 41.4 Å². The van der Waals surface area contributed by atoms with Crippen LogP contribution in [0.4, 0.5) is 26.2 Å². The molecule has 0 bridgehead atoms. The van der Waals surface area contributed by atoms with Gasteiger partial charge in [-0.3, -0.25) is 24.6 Å². The number of nitrogens with one attached hydrogen (secondary N) is 1. The molecule has 4 rings (SSSR count). The van der Waals surface area contributed by atoms with Crippen LogP contribution >= 0.6 is 0 Å². The number of anilines is 2. The van der Waals surface area contributed by atoms with Crippen LogP contribution in [0.5, 0.6) is 0 Å². The summed E-state index contributed by atoms with van der Waals surface area (Å²) in [6.07, 6.45) is -1.16. The molecular weight excluding hydrogens is 517 g/mol. The molecule has 2 aromatic rings. The highest BCUT2D eigenvalue weighted by molar-refractivity contribution is 5.92. The van der Waals surface area contributed by atoms with Crippen LogP contribution in [-0.4, -0.2) is 85.7 Å². The van der Waals surface area contributed by atoms with Gasteiger partial charge in [-0.1, -0.05) is 0 Å². The zero-order valence-electron chi connectivity index (χ0n) is 21.0. The predicted molar refractivity (Wildman–Crippen MR) is 135 cm³/mol. The van der Waals surface area contributed by atoms with Crippen LogP contribution in [0.15, 0.2) is 42.5 Å². The first kappa shape index (κ1) is 27.3. The van der Waals surface area contributed by atoms with Crippen molar-refractivity contribution in [3.05, 3.63) is 64.0 Å². The van der Waals surface area contributed by atoms with Crippen molar-refractivity contribution in [2.45, 2.75) is 13.0 Å². The van der Waals surface area contributed by atoms with Gasteiger partial charge in [-0.05, 0) is 30.3 Å². The monoisotopic (exact) mass is 543 g/mol. The van der Waals surface area contributed by atoms with Crippen molar-refractivity contribution in [1.82, 2.24) is 10.2 Å². The topological polar surface area (TPSA) is 152 Å². The third kappa shape index (κ3) is 6.58. The highest BCUT2D eigenvalue weighted by Crippen LogP contribution is 2.28. The smallest absolute Gasteiger partial charge is 0.414 e. The fourth-order valence-corrected chi connectivity index (χ4v) is 4.23. The summed E-state index contributed by atoms with van der Waals surface area (Å²) in [6, 6.07) is 9.25. The molecule has 0 aromatic heterocycles. The fourth-order valence-electron chi connectivity index (χ4n) is 4.23. The van der Waals surface area contributed by atoms with E-state index in [0.717, 1.165) is 0 Å². The van der Waals surface area contributed by atoms with Gasteiger partial charge in [0.2, 0.25) is 5.91 Å². The number of cyclic esters (lactones) is 1. The van der Waals surface area contributed by atoms with Crippen LogP contribution in [0.2, 0.25) is 0 Å². The molecule has 0 aliphatic carbocycles. The molecule has 3 amide bonds. The summed E-state index contributed by atoms with van der Waals surface area (Å²) in [4.78, 5) is 62.7. The second-order valence-electron chi connectivity index (χ2n) is 8.94. The van der Waals surface area contributed by atoms with Crippen LogP contribution in [0.25, 0.3) is 0 Å². The maximum absolute atomic E-state index is 15.0. The summed E-state index contributed by atoms with van der Waals surface area (Å²) < 4.78 is 25.3. The van der Waals surface area contributed by atoms with E-state index in [1.807, 2.05) is 0 Å². The number of halogens is 1. The van der Waals surface area contributed by atoms with Crippen molar-refractivity contribution in [2.24, 2.45) is 0 Å². The van der Waals surface area contributed by atoms with Gasteiger partial charge in [-0.2, -0.15) is 0 Å². The van der Waals surface area contributed by atoms with Gasteiger partial charge >= 0.3 is 12.1 Å². The highest BCUT2D eigenvalue weighted by atomic mass is 19.1. The zero-order chi connectivity index (χ0) is 28.1. The number of amides is 3. The van der Waals surface area contributed by atoms with Crippen molar-refractivity contribution in [3.8, 4) is 0 Å². The lowest BCUT2D eigenvalue weighted by Crippen LogP contribution is -2.50. The largest absolute Gasteiger partial charge is 0.452 e. The Balaban J connectivity index is 1.27. The van der Waals surface area contributed by atoms with Crippen molar-refractivity contribution in [2.75, 3.05) is 55.7 Å². The van der Waals surface area contributed by atoms with E-state index in [9.17, 15) is 29.3 Å². The van der Waals surface area contributed by atoms with Gasteiger partial charge in [-0.25, -0.2) is 14.0 Å². The van der Waals surface area contributed by atoms with E-state index in [1.165, 1.54) is 47.1 Å². The first-order chi connectivity index (χ1) is 18.6. The standard InChI is InChI=1S/C25H26FN5O8/c1-16(32)27-13-20-14-30(25(35)39-20)19-6-7-22(21(26)12-19)28-8-10-29(11-9-28)23(33)15-38-24(34)17-2-4-18(5-3-17)31(36)37/h2-7,12,20H,8-11,13-15H2,1H3,(H,27,32). The lowest BCUT2D eigenvalue weighted by molar-refractivity contribution is -0.384. The summed E-state index contributed by atoms with van der Waals surface area (Å²) in [5, 5.41) is 13.3. The third-order valence-electron chi connectivity index (χ3n) is 6.31. The Kier molecular flexibility index (Phi) is 8.22. The molecule has 13 nitrogen and oxygen atoms in total. The molecule has 1 atom stereocenters. The third-order valence-corrected chi connectivity index (χ3v) is 6.31. The van der Waals surface area contributed by atoms with Crippen LogP contribution in [0.1, 0.15) is 17.3 Å². The number of carbonyl (C=O) groups is 4. The van der Waals surface area contributed by atoms with Gasteiger partial charge in [0.25, 0.3) is 11.6 Å². The molecule has 39 heavy (non-hydrogen) atoms. The average Bonchev–Trinajstić information content (AvgIpc) is 3.30. The number of hydrogen-bond acceptors (Lipinski definition) is 9. The molecule has 2 fully saturated rings. The molecule has 2 aliphatic heterocycles. The first-order valence-corrected chi connectivity index (χ1v) is 12.1. The molecule has 0 radical (unpaired) electrons. The van der Waals surface area contributed by atoms with Crippen molar-refractivity contribution in [1.29, 1.82) is 0 Å². The van der Waals surface area contributed by atoms with Gasteiger partial charge < -0.3 is 24.6 Å². The molecule has 0 saturated carbocycles. The predicted octanol–water partition coefficient (Wildman–Crippen LogP) is 1.70. The van der Waals surface area contributed by atoms with Gasteiger partial charge in [0.1, 0.15) is 11.9 Å². The number of piperazine rings is 1. The lowest BCUT2D eigenvalue weighted by Gasteiger charge is -2.36. The molecule has 0 spiro atoms. The second-order valence-corrected chi connectivity index (χ2v) is 8.94. The van der Waals surface area contributed by atoms with Crippen LogP contribution in [0.3, 0.4) is 0 Å². The van der Waals surface area contributed by atoms with E-state index in [4.69, 9.17) is 9.47 Å². The Bertz CT molecular complexity index is 1280. The van der Waals surface area contributed by atoms with Crippen LogP contribution in [0, 0.1) is 15.9 Å². The number of carbonyl (C=O) groups excluding carboxylic acids is 4. The molecule has 1 N–H and O–H groups in total. The average molecular weight is 544 g/mol. The summed E-state index contributed by atoms with van der Waals surface area (Å²) in [7, 11) is 0. The van der Waals surface area contributed by atoms with E-state index in [0.29, 0.717) is 24.5 Å². The molecule has 1 unspecified atom stereocenters. The minimum Gasteiger partial charge on any atom is -0.452 e. The SMILES string of the molecule is CC(=O)NCC1CN(c2ccc(N3CCN(C(=O)COC(=O)c4ccc([N+](=O)[O-])cc4)CC3)c(F)c2)C(=O)O1. The number of hydrogen-bond donors (Lipinski definition) is 1. The first-order valence-electron chi connectivity index (χ1n) is 12.1. The highest BCUT2D eigenvalue weighted by Gasteiger charge is 2.33. The van der Waals surface area contributed by atoms with Crippen molar-refractivity contribution < 1.29 is 38.0 Å². The molecule has 2 aliphatic rings. The summed E-state index contributed by atoms with van der Waals surface area (Å²) >= 11 is 0. The Labute approximate surface area is 222 Å². The van der Waals surface area contributed by atoms with Crippen molar-refractivity contribution >= 4 is 40.9 Å². The number of benzene rings is 2. The normalized spacial score (nSPS) is 17.0. The van der Waals surface area contributed by atoms with Gasteiger partial charge in [0.15, 0.2) is 6.61 Å². The maximum atomic E-state index is 15.0. The molecular formula is C25H26FN5O8. The quantitative estimate of drug-likeness (QED) is 0.298. The minimum absolute atomic E-state index is 0.0857. The van der Waals surface area contributed by atoms with Crippen molar-refractivity contribution in [3.63, 3.8) is 0 Å². The zero-order valence-corrected chi connectivity index (χ0v) is 21.0. The molecule has 14 heteroatoms. The molecule has 2 saturated heterocycles. The summed E-state index contributed by atoms with van der Waals surface area (Å²) in [6.45, 7) is 2.43. The second kappa shape index (κ2) is 11.8. The Morgan fingerprint density at radius 3 is 2.44 bits per heavy atom. The van der Waals surface area contributed by atoms with Crippen LogP contribution < -0.4 is 15.1 Å². The minimum atomic E-state index is -0.776. The number of nitro benzene ring substituents is 1. The number of ether oxygens (including phenoxy) is 2. The van der Waals surface area contributed by atoms with E-state index in [-0.39, 0.29) is 43.3 Å². The number of nitrogens with zero attached hydrogens (tertiary/aromatic N) is 4. The number of non-ortho nitro benzene ring substituents is 1. The van der Waals surface area contributed by atoms with E-state index in [2.05, 4.69) is 5.32 Å². The summed E-state index contributed by atoms with van der Waals surface area (Å²) in [5.41, 5.74) is 0.563. The van der Waals surface area contributed by atoms with E-state index in [1.54, 1.807) is 17.0 Å². The van der Waals surface area contributed by atoms with Gasteiger partial charge in [0.05, 0.1) is 35.0 Å². The van der Waals surface area contributed by atoms with Gasteiger partial charge in [0, 0.05) is 45.2 Å². The lowest BCUT2D eigenvalue weighted by atomic mass is 10.2. The number of nitro groups is 1. The van der Waals surface area contributed by atoms with Gasteiger partial charge in [-0.15, -0.1) is 0 Å². The Hall–Kier alpha value is -4.75. The Morgan fingerprint density at radius 2 is 1.82 bits per heavy atom. The summed E-state index contributed by atoms with van der Waals surface area (Å²) in [5.74, 6) is -1.98. The maximum Gasteiger partial charge on any atom is 0.414 e. The van der Waals surface area contributed by atoms with E-state index >= 15 is 4.39 Å². The molecule has 2 aromatic carbocycles. The molecule has 2 heterocycles. The number of rotatable bonds is 8. The molecule has 206 valence electrons. The van der Waals surface area contributed by atoms with Crippen LogP contribution in [-0.2, 0) is 19.1 Å². The Morgan fingerprint density at radius 1 is 1.13 bits per heavy atom.